The normalized spacial score (nSPS) is 16.2. The van der Waals surface area contributed by atoms with Crippen molar-refractivity contribution in [2.24, 2.45) is 11.1 Å². The van der Waals surface area contributed by atoms with Crippen LogP contribution in [0.5, 0.6) is 0 Å². The molecular weight excluding hydrogens is 150 g/mol. The molecule has 0 aromatic carbocycles. The molecular formula is C10H23NO. The van der Waals surface area contributed by atoms with E-state index in [1.807, 2.05) is 0 Å². The van der Waals surface area contributed by atoms with Crippen LogP contribution in [0.3, 0.4) is 0 Å². The summed E-state index contributed by atoms with van der Waals surface area (Å²) in [5.41, 5.74) is 5.34. The van der Waals surface area contributed by atoms with Gasteiger partial charge in [-0.3, -0.25) is 0 Å². The molecule has 0 heterocycles. The van der Waals surface area contributed by atoms with Gasteiger partial charge in [0.1, 0.15) is 0 Å². The summed E-state index contributed by atoms with van der Waals surface area (Å²) in [7, 11) is 0. The summed E-state index contributed by atoms with van der Waals surface area (Å²) in [6, 6.07) is -0.132. The van der Waals surface area contributed by atoms with Crippen LogP contribution < -0.4 is 5.73 Å². The van der Waals surface area contributed by atoms with Gasteiger partial charge in [0.2, 0.25) is 0 Å². The largest absolute Gasteiger partial charge is 0.389 e. The van der Waals surface area contributed by atoms with Gasteiger partial charge in [0.25, 0.3) is 0 Å². The Bertz CT molecular complexity index is 135. The molecule has 0 spiro atoms. The number of hydrogen-bond acceptors (Lipinski definition) is 2. The van der Waals surface area contributed by atoms with Crippen molar-refractivity contribution < 1.29 is 5.11 Å². The van der Waals surface area contributed by atoms with Crippen molar-refractivity contribution in [2.45, 2.75) is 59.1 Å². The van der Waals surface area contributed by atoms with Crippen molar-refractivity contribution in [3.63, 3.8) is 0 Å². The highest BCUT2D eigenvalue weighted by atomic mass is 16.3. The van der Waals surface area contributed by atoms with Gasteiger partial charge in [-0.2, -0.15) is 0 Å². The SMILES string of the molecule is CCC(C)(C)CC(N)C(C)(C)O. The van der Waals surface area contributed by atoms with Crippen LogP contribution in [0.25, 0.3) is 0 Å². The molecule has 0 fully saturated rings. The second-order valence-corrected chi connectivity index (χ2v) is 4.98. The Morgan fingerprint density at radius 3 is 1.92 bits per heavy atom. The lowest BCUT2D eigenvalue weighted by Crippen LogP contribution is -2.45. The molecule has 0 saturated carbocycles. The van der Waals surface area contributed by atoms with E-state index in [9.17, 15) is 5.11 Å². The van der Waals surface area contributed by atoms with E-state index in [0.717, 1.165) is 12.8 Å². The summed E-state index contributed by atoms with van der Waals surface area (Å²) < 4.78 is 0. The van der Waals surface area contributed by atoms with Crippen molar-refractivity contribution in [1.29, 1.82) is 0 Å². The number of nitrogens with two attached hydrogens (primary N) is 1. The fraction of sp³-hybridized carbons (Fsp3) is 1.00. The van der Waals surface area contributed by atoms with E-state index in [4.69, 9.17) is 5.73 Å². The predicted octanol–water partition coefficient (Wildman–Crippen LogP) is 1.91. The maximum Gasteiger partial charge on any atom is 0.0742 e. The lowest BCUT2D eigenvalue weighted by atomic mass is 9.79. The Kier molecular flexibility index (Phi) is 3.73. The molecule has 1 atom stereocenters. The molecule has 0 amide bonds. The molecule has 0 radical (unpaired) electrons. The summed E-state index contributed by atoms with van der Waals surface area (Å²) in [6.07, 6.45) is 1.96. The Labute approximate surface area is 76.2 Å². The Balaban J connectivity index is 4.09. The third kappa shape index (κ3) is 4.07. The zero-order valence-corrected chi connectivity index (χ0v) is 9.02. The second kappa shape index (κ2) is 3.75. The molecule has 0 saturated heterocycles. The lowest BCUT2D eigenvalue weighted by Gasteiger charge is -2.33. The first-order valence-electron chi connectivity index (χ1n) is 4.67. The molecule has 74 valence electrons. The molecule has 2 heteroatoms. The van der Waals surface area contributed by atoms with Gasteiger partial charge in [0, 0.05) is 6.04 Å². The van der Waals surface area contributed by atoms with Crippen molar-refractivity contribution in [3.05, 3.63) is 0 Å². The molecule has 0 aromatic heterocycles. The first-order valence-corrected chi connectivity index (χ1v) is 4.67. The van der Waals surface area contributed by atoms with Gasteiger partial charge in [-0.1, -0.05) is 27.2 Å². The molecule has 12 heavy (non-hydrogen) atoms. The zero-order chi connectivity index (χ0) is 9.99. The average molecular weight is 173 g/mol. The molecule has 0 rings (SSSR count). The number of hydrogen-bond donors (Lipinski definition) is 2. The maximum atomic E-state index is 9.62. The van der Waals surface area contributed by atoms with Gasteiger partial charge in [-0.05, 0) is 25.7 Å². The Morgan fingerprint density at radius 2 is 1.67 bits per heavy atom. The molecule has 3 N–H and O–H groups in total. The van der Waals surface area contributed by atoms with Gasteiger partial charge in [-0.15, -0.1) is 0 Å². The van der Waals surface area contributed by atoms with Crippen LogP contribution in [0.2, 0.25) is 0 Å². The van der Waals surface area contributed by atoms with Gasteiger partial charge < -0.3 is 10.8 Å². The minimum atomic E-state index is -0.758. The third-order valence-corrected chi connectivity index (χ3v) is 2.64. The van der Waals surface area contributed by atoms with Gasteiger partial charge in [0.15, 0.2) is 0 Å². The van der Waals surface area contributed by atoms with Gasteiger partial charge in [0.05, 0.1) is 5.60 Å². The van der Waals surface area contributed by atoms with E-state index in [-0.39, 0.29) is 11.5 Å². The van der Waals surface area contributed by atoms with Crippen LogP contribution in [0.15, 0.2) is 0 Å². The van der Waals surface area contributed by atoms with E-state index in [0.29, 0.717) is 0 Å². The van der Waals surface area contributed by atoms with Crippen LogP contribution in [0.4, 0.5) is 0 Å². The first-order chi connectivity index (χ1) is 5.19. The molecule has 0 aromatic rings. The van der Waals surface area contributed by atoms with Crippen molar-refractivity contribution in [2.75, 3.05) is 0 Å². The molecule has 0 bridgehead atoms. The summed E-state index contributed by atoms with van der Waals surface area (Å²) in [6.45, 7) is 10.0. The van der Waals surface area contributed by atoms with E-state index in [2.05, 4.69) is 20.8 Å². The minimum absolute atomic E-state index is 0.132. The van der Waals surface area contributed by atoms with Crippen LogP contribution in [-0.2, 0) is 0 Å². The monoisotopic (exact) mass is 173 g/mol. The Morgan fingerprint density at radius 1 is 1.25 bits per heavy atom. The van der Waals surface area contributed by atoms with Crippen molar-refractivity contribution in [3.8, 4) is 0 Å². The van der Waals surface area contributed by atoms with Crippen LogP contribution in [0, 0.1) is 5.41 Å². The summed E-state index contributed by atoms with van der Waals surface area (Å²) >= 11 is 0. The summed E-state index contributed by atoms with van der Waals surface area (Å²) in [5, 5.41) is 9.62. The Hall–Kier alpha value is -0.0800. The van der Waals surface area contributed by atoms with Crippen molar-refractivity contribution in [1.82, 2.24) is 0 Å². The standard InChI is InChI=1S/C10H23NO/c1-6-9(2,3)7-8(11)10(4,5)12/h8,12H,6-7,11H2,1-5H3. The summed E-state index contributed by atoms with van der Waals surface area (Å²) in [5.74, 6) is 0. The second-order valence-electron chi connectivity index (χ2n) is 4.98. The molecule has 0 aliphatic heterocycles. The lowest BCUT2D eigenvalue weighted by molar-refractivity contribution is 0.0349. The van der Waals surface area contributed by atoms with E-state index in [1.165, 1.54) is 0 Å². The molecule has 0 aliphatic rings. The van der Waals surface area contributed by atoms with E-state index >= 15 is 0 Å². The van der Waals surface area contributed by atoms with Gasteiger partial charge in [-0.25, -0.2) is 0 Å². The fourth-order valence-electron chi connectivity index (χ4n) is 0.989. The smallest absolute Gasteiger partial charge is 0.0742 e. The average Bonchev–Trinajstić information content (AvgIpc) is 1.85. The first kappa shape index (κ1) is 11.9. The quantitative estimate of drug-likeness (QED) is 0.682. The number of aliphatic hydroxyl groups is 1. The van der Waals surface area contributed by atoms with Crippen LogP contribution in [-0.4, -0.2) is 16.7 Å². The van der Waals surface area contributed by atoms with E-state index in [1.54, 1.807) is 13.8 Å². The highest BCUT2D eigenvalue weighted by Crippen LogP contribution is 2.28. The van der Waals surface area contributed by atoms with Crippen LogP contribution >= 0.6 is 0 Å². The maximum absolute atomic E-state index is 9.62. The molecule has 2 nitrogen and oxygen atoms in total. The number of rotatable bonds is 4. The van der Waals surface area contributed by atoms with Crippen molar-refractivity contribution >= 4 is 0 Å². The predicted molar refractivity (Wildman–Crippen MR) is 53.0 cm³/mol. The molecule has 1 unspecified atom stereocenters. The topological polar surface area (TPSA) is 46.2 Å². The van der Waals surface area contributed by atoms with E-state index < -0.39 is 5.60 Å². The third-order valence-electron chi connectivity index (χ3n) is 2.64. The minimum Gasteiger partial charge on any atom is -0.389 e. The zero-order valence-electron chi connectivity index (χ0n) is 9.02. The van der Waals surface area contributed by atoms with Crippen LogP contribution in [0.1, 0.15) is 47.5 Å². The highest BCUT2D eigenvalue weighted by molar-refractivity contribution is 4.85. The summed E-state index contributed by atoms with van der Waals surface area (Å²) in [4.78, 5) is 0. The highest BCUT2D eigenvalue weighted by Gasteiger charge is 2.28. The molecule has 0 aliphatic carbocycles. The fourth-order valence-corrected chi connectivity index (χ4v) is 0.989. The van der Waals surface area contributed by atoms with Gasteiger partial charge >= 0.3 is 0 Å².